The van der Waals surface area contributed by atoms with Gasteiger partial charge in [-0.1, -0.05) is 19.0 Å². The average molecular weight is 395 g/mol. The summed E-state index contributed by atoms with van der Waals surface area (Å²) in [6.07, 6.45) is 1.69. The Balaban J connectivity index is 1.97. The van der Waals surface area contributed by atoms with Gasteiger partial charge in [-0.05, 0) is 32.4 Å². The maximum Gasteiger partial charge on any atom is 0.261 e. The molecule has 29 heavy (non-hydrogen) atoms. The largest absolute Gasteiger partial charge is 0.356 e. The molecule has 152 valence electrons. The zero-order valence-corrected chi connectivity index (χ0v) is 17.5. The van der Waals surface area contributed by atoms with Crippen LogP contribution in [0.1, 0.15) is 58.6 Å². The maximum atomic E-state index is 12.9. The van der Waals surface area contributed by atoms with Crippen molar-refractivity contribution in [2.24, 2.45) is 0 Å². The molecule has 3 aromatic heterocycles. The molecule has 1 N–H and O–H groups in total. The zero-order valence-electron chi connectivity index (χ0n) is 17.5. The first-order chi connectivity index (χ1) is 13.7. The Hall–Kier alpha value is -3.29. The van der Waals surface area contributed by atoms with Crippen molar-refractivity contribution in [2.45, 2.75) is 47.1 Å². The lowest BCUT2D eigenvalue weighted by molar-refractivity contribution is 0.0781. The summed E-state index contributed by atoms with van der Waals surface area (Å²) >= 11 is 0. The van der Waals surface area contributed by atoms with E-state index in [2.05, 4.69) is 20.1 Å². The number of carbonyl (C=O) groups excluding carboxylic acids is 1. The van der Waals surface area contributed by atoms with Crippen LogP contribution in [0.2, 0.25) is 0 Å². The second-order valence-electron chi connectivity index (χ2n) is 7.56. The minimum absolute atomic E-state index is 0.103. The third-order valence-electron chi connectivity index (χ3n) is 4.76. The number of hydrogen-bond acceptors (Lipinski definition) is 6. The SMILES string of the molecule is Cc1cc(-c2cnc(C(C)C)nc2CN(C)C(=O)c2cc(C)c(C)[nH]c2=O)on1. The Morgan fingerprint density at radius 2 is 1.97 bits per heavy atom. The molecule has 1 amide bonds. The highest BCUT2D eigenvalue weighted by Crippen LogP contribution is 2.25. The van der Waals surface area contributed by atoms with Crippen LogP contribution >= 0.6 is 0 Å². The Kier molecular flexibility index (Phi) is 5.63. The third kappa shape index (κ3) is 4.26. The Labute approximate surface area is 169 Å². The van der Waals surface area contributed by atoms with Gasteiger partial charge in [-0.15, -0.1) is 0 Å². The van der Waals surface area contributed by atoms with Crippen molar-refractivity contribution in [3.05, 3.63) is 62.7 Å². The lowest BCUT2D eigenvalue weighted by atomic mass is 10.1. The Morgan fingerprint density at radius 1 is 1.24 bits per heavy atom. The summed E-state index contributed by atoms with van der Waals surface area (Å²) in [5, 5.41) is 3.93. The number of aryl methyl sites for hydroxylation is 3. The van der Waals surface area contributed by atoms with Crippen molar-refractivity contribution in [3.63, 3.8) is 0 Å². The van der Waals surface area contributed by atoms with E-state index in [4.69, 9.17) is 4.52 Å². The van der Waals surface area contributed by atoms with Crippen LogP contribution in [0.15, 0.2) is 27.6 Å². The van der Waals surface area contributed by atoms with E-state index in [0.717, 1.165) is 17.0 Å². The Bertz CT molecular complexity index is 1110. The summed E-state index contributed by atoms with van der Waals surface area (Å²) in [4.78, 5) is 38.5. The number of hydrogen-bond donors (Lipinski definition) is 1. The normalized spacial score (nSPS) is 11.1. The number of nitrogens with one attached hydrogen (secondary N) is 1. The summed E-state index contributed by atoms with van der Waals surface area (Å²) in [5.41, 5.74) is 3.34. The van der Waals surface area contributed by atoms with Crippen LogP contribution in [-0.4, -0.2) is 38.0 Å². The van der Waals surface area contributed by atoms with Crippen LogP contribution in [0.25, 0.3) is 11.3 Å². The zero-order chi connectivity index (χ0) is 21.3. The quantitative estimate of drug-likeness (QED) is 0.711. The number of amides is 1. The van der Waals surface area contributed by atoms with Crippen molar-refractivity contribution in [2.75, 3.05) is 7.05 Å². The lowest BCUT2D eigenvalue weighted by Crippen LogP contribution is -2.32. The molecule has 0 bridgehead atoms. The fourth-order valence-electron chi connectivity index (χ4n) is 2.92. The van der Waals surface area contributed by atoms with E-state index in [9.17, 15) is 9.59 Å². The number of carbonyl (C=O) groups is 1. The van der Waals surface area contributed by atoms with Gasteiger partial charge in [-0.2, -0.15) is 0 Å². The number of rotatable bonds is 5. The van der Waals surface area contributed by atoms with Gasteiger partial charge in [-0.25, -0.2) is 9.97 Å². The predicted octanol–water partition coefficient (Wildman–Crippen LogP) is 3.14. The molecule has 8 nitrogen and oxygen atoms in total. The van der Waals surface area contributed by atoms with E-state index in [1.54, 1.807) is 32.3 Å². The monoisotopic (exact) mass is 395 g/mol. The van der Waals surface area contributed by atoms with E-state index in [0.29, 0.717) is 22.8 Å². The highest BCUT2D eigenvalue weighted by molar-refractivity contribution is 5.93. The first-order valence-electron chi connectivity index (χ1n) is 9.42. The molecule has 8 heteroatoms. The number of aromatic nitrogens is 4. The highest BCUT2D eigenvalue weighted by Gasteiger charge is 2.21. The fourth-order valence-corrected chi connectivity index (χ4v) is 2.92. The topological polar surface area (TPSA) is 105 Å². The molecule has 0 saturated carbocycles. The van der Waals surface area contributed by atoms with Crippen LogP contribution in [0.3, 0.4) is 0 Å². The summed E-state index contributed by atoms with van der Waals surface area (Å²) < 4.78 is 5.38. The molecule has 0 atom stereocenters. The van der Waals surface area contributed by atoms with Gasteiger partial charge in [0, 0.05) is 30.9 Å². The van der Waals surface area contributed by atoms with Gasteiger partial charge >= 0.3 is 0 Å². The van der Waals surface area contributed by atoms with Gasteiger partial charge in [0.1, 0.15) is 11.4 Å². The minimum atomic E-state index is -0.401. The lowest BCUT2D eigenvalue weighted by Gasteiger charge is -2.19. The minimum Gasteiger partial charge on any atom is -0.356 e. The molecule has 0 aromatic carbocycles. The van der Waals surface area contributed by atoms with Crippen LogP contribution in [0.5, 0.6) is 0 Å². The number of nitrogens with zero attached hydrogens (tertiary/aromatic N) is 4. The average Bonchev–Trinajstić information content (AvgIpc) is 3.10. The molecule has 0 fully saturated rings. The molecule has 0 saturated heterocycles. The molecule has 0 aliphatic rings. The Morgan fingerprint density at radius 3 is 2.59 bits per heavy atom. The predicted molar refractivity (Wildman–Crippen MR) is 109 cm³/mol. The van der Waals surface area contributed by atoms with Gasteiger partial charge in [0.25, 0.3) is 11.5 Å². The van der Waals surface area contributed by atoms with Gasteiger partial charge in [0.15, 0.2) is 5.76 Å². The van der Waals surface area contributed by atoms with Crippen molar-refractivity contribution in [3.8, 4) is 11.3 Å². The van der Waals surface area contributed by atoms with Gasteiger partial charge in [-0.3, -0.25) is 9.59 Å². The first-order valence-corrected chi connectivity index (χ1v) is 9.42. The van der Waals surface area contributed by atoms with Gasteiger partial charge in [0.2, 0.25) is 0 Å². The van der Waals surface area contributed by atoms with Crippen LogP contribution in [0, 0.1) is 20.8 Å². The van der Waals surface area contributed by atoms with Crippen LogP contribution in [-0.2, 0) is 6.54 Å². The summed E-state index contributed by atoms with van der Waals surface area (Å²) in [7, 11) is 1.64. The third-order valence-corrected chi connectivity index (χ3v) is 4.76. The summed E-state index contributed by atoms with van der Waals surface area (Å²) in [5.74, 6) is 0.962. The molecule has 0 aliphatic heterocycles. The van der Waals surface area contributed by atoms with E-state index in [1.807, 2.05) is 27.7 Å². The molecule has 0 spiro atoms. The molecular formula is C21H25N5O3. The molecule has 3 heterocycles. The van der Waals surface area contributed by atoms with Crippen molar-refractivity contribution >= 4 is 5.91 Å². The number of H-pyrrole nitrogens is 1. The van der Waals surface area contributed by atoms with E-state index in [1.165, 1.54) is 4.90 Å². The van der Waals surface area contributed by atoms with E-state index < -0.39 is 5.56 Å². The van der Waals surface area contributed by atoms with Crippen LogP contribution in [0.4, 0.5) is 0 Å². The number of pyridine rings is 1. The second-order valence-corrected chi connectivity index (χ2v) is 7.56. The molecule has 3 aromatic rings. The van der Waals surface area contributed by atoms with Crippen molar-refractivity contribution < 1.29 is 9.32 Å². The molecular weight excluding hydrogens is 370 g/mol. The molecule has 0 aliphatic carbocycles. The summed E-state index contributed by atoms with van der Waals surface area (Å²) in [6.45, 7) is 9.68. The maximum absolute atomic E-state index is 12.9. The first kappa shape index (κ1) is 20.4. The van der Waals surface area contributed by atoms with E-state index in [-0.39, 0.29) is 23.9 Å². The fraction of sp³-hybridized carbons (Fsp3) is 0.381. The van der Waals surface area contributed by atoms with E-state index >= 15 is 0 Å². The standard InChI is InChI=1S/C21H25N5O3/c1-11(2)19-22-9-16(18-8-13(4)25-29-18)17(24-19)10-26(6)21(28)15-7-12(3)14(5)23-20(15)27/h7-9,11H,10H2,1-6H3,(H,23,27). The van der Waals surface area contributed by atoms with Crippen molar-refractivity contribution in [1.82, 2.24) is 25.0 Å². The van der Waals surface area contributed by atoms with Gasteiger partial charge < -0.3 is 14.4 Å². The molecule has 0 radical (unpaired) electrons. The molecule has 0 unspecified atom stereocenters. The second kappa shape index (κ2) is 7.98. The van der Waals surface area contributed by atoms with Crippen LogP contribution < -0.4 is 5.56 Å². The smallest absolute Gasteiger partial charge is 0.261 e. The highest BCUT2D eigenvalue weighted by atomic mass is 16.5. The van der Waals surface area contributed by atoms with Crippen molar-refractivity contribution in [1.29, 1.82) is 0 Å². The summed E-state index contributed by atoms with van der Waals surface area (Å²) in [6, 6.07) is 3.42. The number of aromatic amines is 1. The molecule has 3 rings (SSSR count). The van der Waals surface area contributed by atoms with Gasteiger partial charge in [0.05, 0.1) is 23.5 Å².